The smallest absolute Gasteiger partial charge is 0.235 e. The molecule has 2 amide bonds. The zero-order chi connectivity index (χ0) is 17.5. The maximum Gasteiger partial charge on any atom is 0.235 e. The predicted molar refractivity (Wildman–Crippen MR) is 100 cm³/mol. The molecule has 4 heteroatoms. The Morgan fingerprint density at radius 2 is 1.28 bits per heavy atom. The van der Waals surface area contributed by atoms with Crippen LogP contribution in [-0.2, 0) is 9.59 Å². The normalized spacial score (nSPS) is 21.8. The van der Waals surface area contributed by atoms with Gasteiger partial charge in [-0.1, -0.05) is 23.3 Å². The predicted octanol–water partition coefficient (Wildman–Crippen LogP) is 3.78. The average Bonchev–Trinajstić information content (AvgIpc) is 3.45. The van der Waals surface area contributed by atoms with Gasteiger partial charge in [-0.05, 0) is 77.0 Å². The van der Waals surface area contributed by atoms with Crippen molar-refractivity contribution in [3.63, 3.8) is 0 Å². The van der Waals surface area contributed by atoms with E-state index in [0.29, 0.717) is 25.9 Å². The van der Waals surface area contributed by atoms with Gasteiger partial charge in [-0.25, -0.2) is 0 Å². The van der Waals surface area contributed by atoms with Crippen molar-refractivity contribution < 1.29 is 9.59 Å². The van der Waals surface area contributed by atoms with E-state index in [1.165, 1.54) is 49.7 Å². The van der Waals surface area contributed by atoms with Crippen molar-refractivity contribution >= 4 is 11.8 Å². The van der Waals surface area contributed by atoms with Gasteiger partial charge in [0.2, 0.25) is 11.8 Å². The first-order valence-corrected chi connectivity index (χ1v) is 10.1. The first kappa shape index (κ1) is 18.2. The van der Waals surface area contributed by atoms with Gasteiger partial charge >= 0.3 is 0 Å². The molecular formula is C21H32N2O2. The number of hydrogen-bond acceptors (Lipinski definition) is 2. The van der Waals surface area contributed by atoms with E-state index in [4.69, 9.17) is 0 Å². The Morgan fingerprint density at radius 3 is 1.64 bits per heavy atom. The summed E-state index contributed by atoms with van der Waals surface area (Å²) in [4.78, 5) is 24.9. The summed E-state index contributed by atoms with van der Waals surface area (Å²) in [5, 5.41) is 6.00. The van der Waals surface area contributed by atoms with Crippen molar-refractivity contribution in [3.05, 3.63) is 23.3 Å². The topological polar surface area (TPSA) is 58.2 Å². The molecule has 0 unspecified atom stereocenters. The van der Waals surface area contributed by atoms with Crippen LogP contribution in [0.4, 0.5) is 0 Å². The molecule has 3 aliphatic carbocycles. The number of amides is 2. The lowest BCUT2D eigenvalue weighted by Crippen LogP contribution is -2.43. The lowest BCUT2D eigenvalue weighted by molar-refractivity contribution is -0.137. The molecule has 138 valence electrons. The molecule has 4 nitrogen and oxygen atoms in total. The van der Waals surface area contributed by atoms with E-state index in [2.05, 4.69) is 22.8 Å². The summed E-state index contributed by atoms with van der Waals surface area (Å²) in [6, 6.07) is 0. The average molecular weight is 344 g/mol. The lowest BCUT2D eigenvalue weighted by atomic mass is 9.97. The van der Waals surface area contributed by atoms with E-state index in [1.54, 1.807) is 0 Å². The Hall–Kier alpha value is -1.58. The lowest BCUT2D eigenvalue weighted by Gasteiger charge is -2.18. The van der Waals surface area contributed by atoms with Crippen LogP contribution in [0.1, 0.15) is 77.0 Å². The summed E-state index contributed by atoms with van der Waals surface area (Å²) >= 11 is 0. The van der Waals surface area contributed by atoms with Gasteiger partial charge in [-0.2, -0.15) is 0 Å². The second-order valence-corrected chi connectivity index (χ2v) is 7.81. The summed E-state index contributed by atoms with van der Waals surface area (Å²) in [7, 11) is 0. The first-order valence-electron chi connectivity index (χ1n) is 10.1. The molecule has 0 radical (unpaired) electrons. The second kappa shape index (κ2) is 8.68. The molecule has 3 aliphatic rings. The molecule has 3 rings (SSSR count). The highest BCUT2D eigenvalue weighted by molar-refractivity contribution is 6.07. The second-order valence-electron chi connectivity index (χ2n) is 7.81. The number of carbonyl (C=O) groups excluding carboxylic acids is 2. The molecule has 25 heavy (non-hydrogen) atoms. The fourth-order valence-corrected chi connectivity index (χ4v) is 3.96. The summed E-state index contributed by atoms with van der Waals surface area (Å²) < 4.78 is 0. The minimum atomic E-state index is -0.776. The molecule has 2 N–H and O–H groups in total. The van der Waals surface area contributed by atoms with Gasteiger partial charge in [0.05, 0.1) is 0 Å². The number of rotatable bonds is 8. The van der Waals surface area contributed by atoms with E-state index >= 15 is 0 Å². The van der Waals surface area contributed by atoms with Crippen molar-refractivity contribution in [2.75, 3.05) is 13.1 Å². The van der Waals surface area contributed by atoms with Crippen LogP contribution in [0.15, 0.2) is 23.3 Å². The van der Waals surface area contributed by atoms with Crippen LogP contribution in [0.3, 0.4) is 0 Å². The first-order chi connectivity index (χ1) is 12.2. The van der Waals surface area contributed by atoms with Crippen molar-refractivity contribution in [1.82, 2.24) is 10.6 Å². The highest BCUT2D eigenvalue weighted by atomic mass is 16.2. The highest BCUT2D eigenvalue weighted by Gasteiger charge is 2.56. The molecule has 0 spiro atoms. The van der Waals surface area contributed by atoms with Crippen LogP contribution >= 0.6 is 0 Å². The molecule has 0 aliphatic heterocycles. The Bertz CT molecular complexity index is 512. The van der Waals surface area contributed by atoms with E-state index in [9.17, 15) is 9.59 Å². The highest BCUT2D eigenvalue weighted by Crippen LogP contribution is 2.46. The fraction of sp³-hybridized carbons (Fsp3) is 0.714. The van der Waals surface area contributed by atoms with E-state index < -0.39 is 5.41 Å². The molecule has 0 bridgehead atoms. The van der Waals surface area contributed by atoms with Gasteiger partial charge in [0, 0.05) is 13.1 Å². The van der Waals surface area contributed by atoms with Crippen LogP contribution < -0.4 is 10.6 Å². The van der Waals surface area contributed by atoms with Gasteiger partial charge in [0.25, 0.3) is 0 Å². The Balaban J connectivity index is 1.38. The quantitative estimate of drug-likeness (QED) is 0.520. The van der Waals surface area contributed by atoms with Gasteiger partial charge in [0.1, 0.15) is 5.41 Å². The van der Waals surface area contributed by atoms with E-state index in [-0.39, 0.29) is 11.8 Å². The number of hydrogen-bond donors (Lipinski definition) is 2. The van der Waals surface area contributed by atoms with Gasteiger partial charge in [-0.15, -0.1) is 0 Å². The maximum absolute atomic E-state index is 12.5. The third-order valence-corrected chi connectivity index (χ3v) is 5.85. The third-order valence-electron chi connectivity index (χ3n) is 5.85. The van der Waals surface area contributed by atoms with E-state index in [0.717, 1.165) is 25.7 Å². The van der Waals surface area contributed by atoms with Crippen molar-refractivity contribution in [2.45, 2.75) is 77.0 Å². The Morgan fingerprint density at radius 1 is 0.800 bits per heavy atom. The van der Waals surface area contributed by atoms with Gasteiger partial charge in [-0.3, -0.25) is 9.59 Å². The Kier molecular flexibility index (Phi) is 6.33. The number of carbonyl (C=O) groups is 2. The summed E-state index contributed by atoms with van der Waals surface area (Å²) in [5.41, 5.74) is 2.14. The monoisotopic (exact) mass is 344 g/mol. The zero-order valence-electron chi connectivity index (χ0n) is 15.4. The molecular weight excluding hydrogens is 312 g/mol. The molecule has 1 fully saturated rings. The van der Waals surface area contributed by atoms with Crippen LogP contribution in [0.5, 0.6) is 0 Å². The maximum atomic E-state index is 12.5. The molecule has 0 atom stereocenters. The van der Waals surface area contributed by atoms with Gasteiger partial charge < -0.3 is 10.6 Å². The van der Waals surface area contributed by atoms with Crippen LogP contribution in [-0.4, -0.2) is 24.9 Å². The standard InChI is InChI=1S/C21H32N2O2/c24-19(22-15-11-17-7-3-1-4-8-17)21(13-14-21)20(25)23-16-12-18-9-5-2-6-10-18/h7,9H,1-6,8,10-16H2,(H,22,24)(H,23,25). The summed E-state index contributed by atoms with van der Waals surface area (Å²) in [6.45, 7) is 1.32. The Labute approximate surface area is 151 Å². The van der Waals surface area contributed by atoms with Crippen LogP contribution in [0, 0.1) is 5.41 Å². The summed E-state index contributed by atoms with van der Waals surface area (Å²) in [6.07, 6.45) is 17.6. The fourth-order valence-electron chi connectivity index (χ4n) is 3.96. The third kappa shape index (κ3) is 4.96. The SMILES string of the molecule is O=C(NCCC1=CCCCC1)C1(C(=O)NCCC2=CCCCC2)CC1. The molecule has 0 aromatic carbocycles. The molecule has 0 aromatic rings. The molecule has 0 aromatic heterocycles. The molecule has 0 saturated heterocycles. The number of nitrogens with one attached hydrogen (secondary N) is 2. The van der Waals surface area contributed by atoms with Gasteiger partial charge in [0.15, 0.2) is 0 Å². The molecule has 0 heterocycles. The molecule has 1 saturated carbocycles. The summed E-state index contributed by atoms with van der Waals surface area (Å²) in [5.74, 6) is -0.142. The van der Waals surface area contributed by atoms with E-state index in [1.807, 2.05) is 0 Å². The van der Waals surface area contributed by atoms with Crippen molar-refractivity contribution in [3.8, 4) is 0 Å². The van der Waals surface area contributed by atoms with Crippen LogP contribution in [0.2, 0.25) is 0 Å². The minimum absolute atomic E-state index is 0.0710. The minimum Gasteiger partial charge on any atom is -0.355 e. The number of allylic oxidation sites excluding steroid dienone is 2. The largest absolute Gasteiger partial charge is 0.355 e. The van der Waals surface area contributed by atoms with Crippen molar-refractivity contribution in [2.24, 2.45) is 5.41 Å². The van der Waals surface area contributed by atoms with Crippen molar-refractivity contribution in [1.29, 1.82) is 0 Å². The zero-order valence-corrected chi connectivity index (χ0v) is 15.4. The van der Waals surface area contributed by atoms with Crippen LogP contribution in [0.25, 0.3) is 0 Å².